The van der Waals surface area contributed by atoms with Crippen LogP contribution >= 0.6 is 15.9 Å². The van der Waals surface area contributed by atoms with Crippen molar-refractivity contribution >= 4 is 21.8 Å². The van der Waals surface area contributed by atoms with Crippen molar-refractivity contribution in [1.82, 2.24) is 15.1 Å². The number of carbonyl (C=O) groups excluding carboxylic acids is 1. The molecule has 2 aromatic rings. The van der Waals surface area contributed by atoms with Crippen molar-refractivity contribution in [3.8, 4) is 11.3 Å². The monoisotopic (exact) mass is 391 g/mol. The molecule has 2 aliphatic rings. The number of piperidine rings is 1. The van der Waals surface area contributed by atoms with E-state index in [2.05, 4.69) is 26.1 Å². The molecule has 2 aliphatic heterocycles. The lowest BCUT2D eigenvalue weighted by Crippen LogP contribution is -2.47. The van der Waals surface area contributed by atoms with Gasteiger partial charge in [0, 0.05) is 36.0 Å². The molecular weight excluding hydrogens is 374 g/mol. The number of rotatable bonds is 2. The topological polar surface area (TPSA) is 67.5 Å². The van der Waals surface area contributed by atoms with Crippen molar-refractivity contribution < 1.29 is 14.3 Å². The Morgan fingerprint density at radius 2 is 1.83 bits per heavy atom. The summed E-state index contributed by atoms with van der Waals surface area (Å²) in [6.07, 6.45) is 1.43. The van der Waals surface area contributed by atoms with Crippen LogP contribution in [0.3, 0.4) is 0 Å². The molecule has 2 fully saturated rings. The fraction of sp³-hybridized carbons (Fsp3) is 0.412. The fourth-order valence-electron chi connectivity index (χ4n) is 3.21. The van der Waals surface area contributed by atoms with Gasteiger partial charge in [0.05, 0.1) is 18.9 Å². The first-order valence-electron chi connectivity index (χ1n) is 8.04. The van der Waals surface area contributed by atoms with Gasteiger partial charge in [0.25, 0.3) is 5.91 Å². The Morgan fingerprint density at radius 3 is 2.50 bits per heavy atom. The third kappa shape index (κ3) is 2.99. The number of nitrogens with one attached hydrogen (secondary N) is 1. The molecule has 1 aromatic carbocycles. The van der Waals surface area contributed by atoms with Gasteiger partial charge in [-0.1, -0.05) is 28.1 Å². The second-order valence-electron chi connectivity index (χ2n) is 6.07. The van der Waals surface area contributed by atoms with Crippen molar-refractivity contribution in [2.75, 3.05) is 26.3 Å². The van der Waals surface area contributed by atoms with Gasteiger partial charge in [0.1, 0.15) is 5.69 Å². The summed E-state index contributed by atoms with van der Waals surface area (Å²) in [7, 11) is 0. The maximum atomic E-state index is 12.7. The number of ether oxygens (including phenoxy) is 2. The predicted octanol–water partition coefficient (Wildman–Crippen LogP) is 2.82. The quantitative estimate of drug-likeness (QED) is 0.854. The predicted molar refractivity (Wildman–Crippen MR) is 91.5 cm³/mol. The number of halogens is 1. The van der Waals surface area contributed by atoms with Crippen LogP contribution in [0.5, 0.6) is 0 Å². The molecule has 1 N–H and O–H groups in total. The number of likely N-dealkylation sites (tertiary alicyclic amines) is 1. The lowest BCUT2D eigenvalue weighted by Gasteiger charge is -2.37. The van der Waals surface area contributed by atoms with Gasteiger partial charge in [-0.15, -0.1) is 0 Å². The molecule has 0 unspecified atom stereocenters. The minimum atomic E-state index is -0.465. The van der Waals surface area contributed by atoms with Crippen LogP contribution in [-0.2, 0) is 9.47 Å². The van der Waals surface area contributed by atoms with E-state index in [1.54, 1.807) is 6.07 Å². The molecule has 1 aromatic heterocycles. The number of benzene rings is 1. The highest BCUT2D eigenvalue weighted by molar-refractivity contribution is 9.10. The summed E-state index contributed by atoms with van der Waals surface area (Å²) in [5, 5.41) is 7.13. The van der Waals surface area contributed by atoms with Gasteiger partial charge in [0.2, 0.25) is 0 Å². The molecule has 3 heterocycles. The summed E-state index contributed by atoms with van der Waals surface area (Å²) in [4.78, 5) is 14.5. The Kier molecular flexibility index (Phi) is 4.15. The molecule has 4 rings (SSSR count). The first kappa shape index (κ1) is 15.8. The van der Waals surface area contributed by atoms with E-state index in [4.69, 9.17) is 9.47 Å². The van der Waals surface area contributed by atoms with Crippen molar-refractivity contribution in [3.05, 3.63) is 40.5 Å². The maximum absolute atomic E-state index is 12.7. The zero-order chi connectivity index (χ0) is 16.6. The van der Waals surface area contributed by atoms with Gasteiger partial charge in [-0.2, -0.15) is 5.10 Å². The van der Waals surface area contributed by atoms with E-state index in [0.717, 1.165) is 15.7 Å². The zero-order valence-electron chi connectivity index (χ0n) is 13.1. The van der Waals surface area contributed by atoms with Crippen molar-refractivity contribution in [1.29, 1.82) is 0 Å². The van der Waals surface area contributed by atoms with Crippen LogP contribution in [0.4, 0.5) is 0 Å². The molecule has 2 saturated heterocycles. The van der Waals surface area contributed by atoms with Crippen LogP contribution in [0.1, 0.15) is 23.3 Å². The molecule has 6 nitrogen and oxygen atoms in total. The average Bonchev–Trinajstić information content (AvgIpc) is 3.26. The number of amides is 1. The average molecular weight is 392 g/mol. The summed E-state index contributed by atoms with van der Waals surface area (Å²) in [6.45, 7) is 2.55. The molecule has 24 heavy (non-hydrogen) atoms. The van der Waals surface area contributed by atoms with Crippen LogP contribution < -0.4 is 0 Å². The first-order valence-corrected chi connectivity index (χ1v) is 8.83. The van der Waals surface area contributed by atoms with Gasteiger partial charge < -0.3 is 14.4 Å². The van der Waals surface area contributed by atoms with E-state index < -0.39 is 5.79 Å². The molecule has 0 radical (unpaired) electrons. The number of hydrogen-bond acceptors (Lipinski definition) is 4. The second-order valence-corrected chi connectivity index (χ2v) is 6.99. The van der Waals surface area contributed by atoms with E-state index in [0.29, 0.717) is 44.8 Å². The number of carbonyl (C=O) groups is 1. The normalized spacial score (nSPS) is 19.8. The van der Waals surface area contributed by atoms with E-state index in [-0.39, 0.29) is 5.91 Å². The Bertz CT molecular complexity index is 728. The van der Waals surface area contributed by atoms with Gasteiger partial charge in [0.15, 0.2) is 5.79 Å². The van der Waals surface area contributed by atoms with Gasteiger partial charge in [-0.05, 0) is 18.2 Å². The maximum Gasteiger partial charge on any atom is 0.271 e. The Hall–Kier alpha value is -1.70. The molecule has 1 spiro atoms. The number of aromatic nitrogens is 2. The Morgan fingerprint density at radius 1 is 1.17 bits per heavy atom. The van der Waals surface area contributed by atoms with Crippen LogP contribution in [-0.4, -0.2) is 53.1 Å². The molecule has 0 saturated carbocycles. The third-order valence-corrected chi connectivity index (χ3v) is 5.10. The SMILES string of the molecule is O=C(c1cc(-c2ccc(Br)cc2)n[nH]1)N1CCC2(CC1)OCCO2. The highest BCUT2D eigenvalue weighted by Gasteiger charge is 2.41. The molecule has 126 valence electrons. The standard InChI is InChI=1S/C17H18BrN3O3/c18-13-3-1-12(2-4-13)14-11-15(20-19-14)16(22)21-7-5-17(6-8-21)23-9-10-24-17/h1-4,11H,5-10H2,(H,19,20). The molecule has 0 aliphatic carbocycles. The largest absolute Gasteiger partial charge is 0.347 e. The Labute approximate surface area is 148 Å². The minimum Gasteiger partial charge on any atom is -0.347 e. The number of aromatic amines is 1. The van der Waals surface area contributed by atoms with Crippen LogP contribution in [0.15, 0.2) is 34.8 Å². The van der Waals surface area contributed by atoms with Crippen LogP contribution in [0, 0.1) is 0 Å². The van der Waals surface area contributed by atoms with E-state index in [1.165, 1.54) is 0 Å². The summed E-state index contributed by atoms with van der Waals surface area (Å²) >= 11 is 3.41. The van der Waals surface area contributed by atoms with E-state index in [1.807, 2.05) is 29.2 Å². The molecule has 0 atom stereocenters. The van der Waals surface area contributed by atoms with Crippen LogP contribution in [0.2, 0.25) is 0 Å². The smallest absolute Gasteiger partial charge is 0.271 e. The lowest BCUT2D eigenvalue weighted by molar-refractivity contribution is -0.181. The number of nitrogens with zero attached hydrogens (tertiary/aromatic N) is 2. The molecule has 7 heteroatoms. The highest BCUT2D eigenvalue weighted by Crippen LogP contribution is 2.31. The third-order valence-electron chi connectivity index (χ3n) is 4.57. The number of hydrogen-bond donors (Lipinski definition) is 1. The minimum absolute atomic E-state index is 0.0290. The Balaban J connectivity index is 1.45. The van der Waals surface area contributed by atoms with E-state index in [9.17, 15) is 4.79 Å². The van der Waals surface area contributed by atoms with Crippen LogP contribution in [0.25, 0.3) is 11.3 Å². The molecular formula is C17H18BrN3O3. The van der Waals surface area contributed by atoms with E-state index >= 15 is 0 Å². The second kappa shape index (κ2) is 6.31. The molecule has 0 bridgehead atoms. The lowest BCUT2D eigenvalue weighted by atomic mass is 10.0. The van der Waals surface area contributed by atoms with Gasteiger partial charge >= 0.3 is 0 Å². The summed E-state index contributed by atoms with van der Waals surface area (Å²) in [5.41, 5.74) is 2.25. The summed E-state index contributed by atoms with van der Waals surface area (Å²) < 4.78 is 12.4. The van der Waals surface area contributed by atoms with Gasteiger partial charge in [-0.25, -0.2) is 0 Å². The van der Waals surface area contributed by atoms with Crippen molar-refractivity contribution in [3.63, 3.8) is 0 Å². The summed E-state index contributed by atoms with van der Waals surface area (Å²) in [5.74, 6) is -0.494. The summed E-state index contributed by atoms with van der Waals surface area (Å²) in [6, 6.07) is 9.65. The zero-order valence-corrected chi connectivity index (χ0v) is 14.7. The number of H-pyrrole nitrogens is 1. The van der Waals surface area contributed by atoms with Gasteiger partial charge in [-0.3, -0.25) is 9.89 Å². The van der Waals surface area contributed by atoms with Crippen molar-refractivity contribution in [2.24, 2.45) is 0 Å². The first-order chi connectivity index (χ1) is 11.7. The fourth-order valence-corrected chi connectivity index (χ4v) is 3.47. The molecule has 1 amide bonds. The van der Waals surface area contributed by atoms with Crippen molar-refractivity contribution in [2.45, 2.75) is 18.6 Å². The highest BCUT2D eigenvalue weighted by atomic mass is 79.9.